The van der Waals surface area contributed by atoms with Gasteiger partial charge in [-0.15, -0.1) is 0 Å². The molecular weight excluding hydrogens is 228 g/mol. The largest absolute Gasteiger partial charge is 0.337 e. The summed E-state index contributed by atoms with van der Waals surface area (Å²) in [5, 5.41) is 0. The minimum atomic E-state index is 0.000233. The van der Waals surface area contributed by atoms with Crippen LogP contribution >= 0.6 is 0 Å². The second-order valence-electron chi connectivity index (χ2n) is 4.79. The lowest BCUT2D eigenvalue weighted by Crippen LogP contribution is -2.45. The SMILES string of the molecule is CC(=O)c1ccc(C(=O)N2CCCC(N)C2)cc1. The van der Waals surface area contributed by atoms with Gasteiger partial charge in [0.1, 0.15) is 0 Å². The van der Waals surface area contributed by atoms with Gasteiger partial charge in [0.25, 0.3) is 5.91 Å². The van der Waals surface area contributed by atoms with E-state index in [1.165, 1.54) is 6.92 Å². The Bertz CT molecular complexity index is 453. The maximum absolute atomic E-state index is 12.2. The summed E-state index contributed by atoms with van der Waals surface area (Å²) < 4.78 is 0. The molecule has 0 radical (unpaired) electrons. The van der Waals surface area contributed by atoms with Crippen molar-refractivity contribution in [3.8, 4) is 0 Å². The van der Waals surface area contributed by atoms with E-state index in [9.17, 15) is 9.59 Å². The van der Waals surface area contributed by atoms with Crippen LogP contribution in [0.25, 0.3) is 0 Å². The van der Waals surface area contributed by atoms with E-state index in [0.29, 0.717) is 17.7 Å². The van der Waals surface area contributed by atoms with Gasteiger partial charge in [-0.1, -0.05) is 12.1 Å². The number of nitrogens with two attached hydrogens (primary N) is 1. The predicted octanol–water partition coefficient (Wildman–Crippen LogP) is 1.45. The van der Waals surface area contributed by atoms with Gasteiger partial charge in [-0.05, 0) is 31.9 Å². The normalized spacial score (nSPS) is 19.7. The van der Waals surface area contributed by atoms with E-state index < -0.39 is 0 Å². The molecule has 96 valence electrons. The quantitative estimate of drug-likeness (QED) is 0.803. The molecule has 1 aliphatic heterocycles. The molecule has 1 amide bonds. The zero-order valence-corrected chi connectivity index (χ0v) is 10.6. The third-order valence-corrected chi connectivity index (χ3v) is 3.28. The van der Waals surface area contributed by atoms with E-state index in [-0.39, 0.29) is 17.7 Å². The Morgan fingerprint density at radius 3 is 2.39 bits per heavy atom. The Balaban J connectivity index is 2.10. The maximum atomic E-state index is 12.2. The van der Waals surface area contributed by atoms with Crippen LogP contribution in [0.5, 0.6) is 0 Å². The summed E-state index contributed by atoms with van der Waals surface area (Å²) in [5.74, 6) is 0.00856. The number of nitrogens with zero attached hydrogens (tertiary/aromatic N) is 1. The standard InChI is InChI=1S/C14H18N2O2/c1-10(17)11-4-6-12(7-5-11)14(18)16-8-2-3-13(15)9-16/h4-7,13H,2-3,8-9,15H2,1H3. The number of carbonyl (C=O) groups excluding carboxylic acids is 2. The van der Waals surface area contributed by atoms with Crippen LogP contribution in [0.4, 0.5) is 0 Å². The molecule has 1 heterocycles. The van der Waals surface area contributed by atoms with E-state index in [4.69, 9.17) is 5.73 Å². The Hall–Kier alpha value is -1.68. The minimum Gasteiger partial charge on any atom is -0.337 e. The topological polar surface area (TPSA) is 63.4 Å². The number of likely N-dealkylation sites (tertiary alicyclic amines) is 1. The van der Waals surface area contributed by atoms with Crippen molar-refractivity contribution in [3.63, 3.8) is 0 Å². The second-order valence-corrected chi connectivity index (χ2v) is 4.79. The summed E-state index contributed by atoms with van der Waals surface area (Å²) in [5.41, 5.74) is 7.11. The lowest BCUT2D eigenvalue weighted by Gasteiger charge is -2.30. The second kappa shape index (κ2) is 5.31. The van der Waals surface area contributed by atoms with E-state index in [0.717, 1.165) is 19.4 Å². The van der Waals surface area contributed by atoms with Gasteiger partial charge in [0, 0.05) is 30.3 Å². The van der Waals surface area contributed by atoms with Gasteiger partial charge in [-0.3, -0.25) is 9.59 Å². The first kappa shape index (κ1) is 12.8. The highest BCUT2D eigenvalue weighted by Crippen LogP contribution is 2.13. The van der Waals surface area contributed by atoms with Gasteiger partial charge >= 0.3 is 0 Å². The molecule has 0 bridgehead atoms. The number of carbonyl (C=O) groups is 2. The van der Waals surface area contributed by atoms with Gasteiger partial charge in [-0.25, -0.2) is 0 Å². The van der Waals surface area contributed by atoms with Gasteiger partial charge in [0.05, 0.1) is 0 Å². The molecule has 1 aromatic rings. The number of Topliss-reactive ketones (excluding diaryl/α,β-unsaturated/α-hetero) is 1. The van der Waals surface area contributed by atoms with Crippen molar-refractivity contribution in [2.45, 2.75) is 25.8 Å². The van der Waals surface area contributed by atoms with Crippen molar-refractivity contribution in [2.75, 3.05) is 13.1 Å². The first-order chi connectivity index (χ1) is 8.58. The number of ketones is 1. The third-order valence-electron chi connectivity index (χ3n) is 3.28. The molecule has 0 aromatic heterocycles. The van der Waals surface area contributed by atoms with E-state index in [2.05, 4.69) is 0 Å². The van der Waals surface area contributed by atoms with Crippen molar-refractivity contribution >= 4 is 11.7 Å². The zero-order chi connectivity index (χ0) is 13.1. The molecule has 1 saturated heterocycles. The molecule has 18 heavy (non-hydrogen) atoms. The number of rotatable bonds is 2. The van der Waals surface area contributed by atoms with Crippen LogP contribution in [0.2, 0.25) is 0 Å². The molecule has 1 fully saturated rings. The van der Waals surface area contributed by atoms with Gasteiger partial charge in [-0.2, -0.15) is 0 Å². The van der Waals surface area contributed by atoms with Crippen LogP contribution < -0.4 is 5.73 Å². The van der Waals surface area contributed by atoms with Crippen LogP contribution in [0.1, 0.15) is 40.5 Å². The summed E-state index contributed by atoms with van der Waals surface area (Å²) in [6.07, 6.45) is 1.94. The molecule has 0 saturated carbocycles. The molecule has 2 N–H and O–H groups in total. The lowest BCUT2D eigenvalue weighted by atomic mass is 10.0. The maximum Gasteiger partial charge on any atom is 0.253 e. The molecular formula is C14H18N2O2. The molecule has 0 aliphatic carbocycles. The summed E-state index contributed by atoms with van der Waals surface area (Å²) in [7, 11) is 0. The number of amides is 1. The monoisotopic (exact) mass is 246 g/mol. The lowest BCUT2D eigenvalue weighted by molar-refractivity contribution is 0.0708. The highest BCUT2D eigenvalue weighted by atomic mass is 16.2. The molecule has 1 unspecified atom stereocenters. The molecule has 1 aromatic carbocycles. The summed E-state index contributed by atoms with van der Waals surface area (Å²) in [6, 6.07) is 6.89. The number of benzene rings is 1. The Labute approximate surface area is 107 Å². The van der Waals surface area contributed by atoms with Crippen LogP contribution in [0.3, 0.4) is 0 Å². The fourth-order valence-electron chi connectivity index (χ4n) is 2.22. The molecule has 4 nitrogen and oxygen atoms in total. The fraction of sp³-hybridized carbons (Fsp3) is 0.429. The average molecular weight is 246 g/mol. The van der Waals surface area contributed by atoms with Crippen molar-refractivity contribution in [1.29, 1.82) is 0 Å². The van der Waals surface area contributed by atoms with E-state index >= 15 is 0 Å². The molecule has 4 heteroatoms. The highest BCUT2D eigenvalue weighted by molar-refractivity contribution is 5.97. The van der Waals surface area contributed by atoms with Gasteiger partial charge in [0.15, 0.2) is 5.78 Å². The van der Waals surface area contributed by atoms with Crippen molar-refractivity contribution in [1.82, 2.24) is 4.90 Å². The van der Waals surface area contributed by atoms with Crippen molar-refractivity contribution < 1.29 is 9.59 Å². The number of hydrogen-bond acceptors (Lipinski definition) is 3. The summed E-state index contributed by atoms with van der Waals surface area (Å²) in [6.45, 7) is 2.90. The van der Waals surface area contributed by atoms with Crippen molar-refractivity contribution in [2.24, 2.45) is 5.73 Å². The minimum absolute atomic E-state index is 0.000233. The third kappa shape index (κ3) is 2.76. The Kier molecular flexibility index (Phi) is 3.77. The zero-order valence-electron chi connectivity index (χ0n) is 10.6. The molecule has 1 aliphatic rings. The molecule has 0 spiro atoms. The predicted molar refractivity (Wildman–Crippen MR) is 69.6 cm³/mol. The Morgan fingerprint density at radius 2 is 1.83 bits per heavy atom. The summed E-state index contributed by atoms with van der Waals surface area (Å²) >= 11 is 0. The smallest absolute Gasteiger partial charge is 0.253 e. The molecule has 1 atom stereocenters. The van der Waals surface area contributed by atoms with Crippen molar-refractivity contribution in [3.05, 3.63) is 35.4 Å². The first-order valence-corrected chi connectivity index (χ1v) is 6.24. The van der Waals surface area contributed by atoms with Gasteiger partial charge in [0.2, 0.25) is 0 Å². The van der Waals surface area contributed by atoms with E-state index in [1.54, 1.807) is 29.2 Å². The summed E-state index contributed by atoms with van der Waals surface area (Å²) in [4.78, 5) is 25.2. The number of piperidine rings is 1. The fourth-order valence-corrected chi connectivity index (χ4v) is 2.22. The van der Waals surface area contributed by atoms with Gasteiger partial charge < -0.3 is 10.6 Å². The average Bonchev–Trinajstić information content (AvgIpc) is 2.38. The van der Waals surface area contributed by atoms with Crippen LogP contribution in [-0.4, -0.2) is 35.7 Å². The Morgan fingerprint density at radius 1 is 1.22 bits per heavy atom. The van der Waals surface area contributed by atoms with Crippen LogP contribution in [0, 0.1) is 0 Å². The van der Waals surface area contributed by atoms with Crippen LogP contribution in [-0.2, 0) is 0 Å². The highest BCUT2D eigenvalue weighted by Gasteiger charge is 2.22. The molecule has 2 rings (SSSR count). The number of hydrogen-bond donors (Lipinski definition) is 1. The first-order valence-electron chi connectivity index (χ1n) is 6.24. The van der Waals surface area contributed by atoms with Crippen LogP contribution in [0.15, 0.2) is 24.3 Å². The van der Waals surface area contributed by atoms with E-state index in [1.807, 2.05) is 0 Å².